The van der Waals surface area contributed by atoms with Crippen molar-refractivity contribution in [1.82, 2.24) is 0 Å². The van der Waals surface area contributed by atoms with E-state index in [1.54, 1.807) is 6.92 Å². The van der Waals surface area contributed by atoms with Gasteiger partial charge in [-0.1, -0.05) is 0 Å². The molecule has 0 bridgehead atoms. The SMILES string of the molecule is Cc1cc([N+](=O)[O-])c([N+](=O)[O-])c(C)c1N. The van der Waals surface area contributed by atoms with Crippen LogP contribution in [-0.4, -0.2) is 9.85 Å². The maximum absolute atomic E-state index is 10.7. The van der Waals surface area contributed by atoms with Crippen molar-refractivity contribution in [2.24, 2.45) is 0 Å². The second kappa shape index (κ2) is 3.52. The summed E-state index contributed by atoms with van der Waals surface area (Å²) in [5, 5.41) is 21.3. The highest BCUT2D eigenvalue weighted by Gasteiger charge is 2.29. The summed E-state index contributed by atoms with van der Waals surface area (Å²) in [4.78, 5) is 19.7. The number of hydrogen-bond donors (Lipinski definition) is 1. The first-order valence-corrected chi connectivity index (χ1v) is 4.04. The van der Waals surface area contributed by atoms with E-state index in [9.17, 15) is 20.2 Å². The monoisotopic (exact) mass is 211 g/mol. The van der Waals surface area contributed by atoms with Crippen molar-refractivity contribution in [3.05, 3.63) is 37.4 Å². The third-order valence-corrected chi connectivity index (χ3v) is 2.16. The van der Waals surface area contributed by atoms with Crippen LogP contribution in [-0.2, 0) is 0 Å². The van der Waals surface area contributed by atoms with Gasteiger partial charge in [0.25, 0.3) is 0 Å². The van der Waals surface area contributed by atoms with E-state index in [0.717, 1.165) is 6.07 Å². The fourth-order valence-electron chi connectivity index (χ4n) is 1.34. The normalized spacial score (nSPS) is 10.0. The Morgan fingerprint density at radius 2 is 1.73 bits per heavy atom. The van der Waals surface area contributed by atoms with Gasteiger partial charge in [-0.25, -0.2) is 0 Å². The molecular formula is C8H9N3O4. The van der Waals surface area contributed by atoms with Gasteiger partial charge in [-0.15, -0.1) is 0 Å². The van der Waals surface area contributed by atoms with Crippen molar-refractivity contribution in [3.8, 4) is 0 Å². The molecule has 0 aliphatic heterocycles. The Hall–Kier alpha value is -2.18. The number of rotatable bonds is 2. The molecule has 0 spiro atoms. The molecule has 0 heterocycles. The summed E-state index contributed by atoms with van der Waals surface area (Å²) in [7, 11) is 0. The molecule has 0 unspecified atom stereocenters. The van der Waals surface area contributed by atoms with E-state index >= 15 is 0 Å². The van der Waals surface area contributed by atoms with Gasteiger partial charge >= 0.3 is 11.4 Å². The number of nitro groups is 2. The zero-order chi connectivity index (χ0) is 11.7. The molecule has 1 rings (SSSR count). The van der Waals surface area contributed by atoms with Crippen molar-refractivity contribution in [3.63, 3.8) is 0 Å². The number of nitrogen functional groups attached to an aromatic ring is 1. The number of hydrogen-bond acceptors (Lipinski definition) is 5. The van der Waals surface area contributed by atoms with E-state index in [1.807, 2.05) is 0 Å². The molecule has 0 amide bonds. The lowest BCUT2D eigenvalue weighted by Crippen LogP contribution is -2.03. The molecule has 80 valence electrons. The van der Waals surface area contributed by atoms with Crippen LogP contribution in [0.25, 0.3) is 0 Å². The summed E-state index contributed by atoms with van der Waals surface area (Å²) in [6.45, 7) is 2.96. The molecule has 2 N–H and O–H groups in total. The van der Waals surface area contributed by atoms with Gasteiger partial charge in [-0.2, -0.15) is 0 Å². The fraction of sp³-hybridized carbons (Fsp3) is 0.250. The first kappa shape index (κ1) is 10.9. The highest BCUT2D eigenvalue weighted by molar-refractivity contribution is 5.70. The van der Waals surface area contributed by atoms with Crippen LogP contribution in [0.1, 0.15) is 11.1 Å². The average molecular weight is 211 g/mol. The van der Waals surface area contributed by atoms with Crippen LogP contribution in [0.5, 0.6) is 0 Å². The Balaban J connectivity index is 3.65. The van der Waals surface area contributed by atoms with E-state index in [2.05, 4.69) is 0 Å². The first-order valence-electron chi connectivity index (χ1n) is 4.04. The Bertz CT molecular complexity index is 456. The van der Waals surface area contributed by atoms with Crippen molar-refractivity contribution in [1.29, 1.82) is 0 Å². The van der Waals surface area contributed by atoms with Crippen LogP contribution in [0, 0.1) is 34.1 Å². The van der Waals surface area contributed by atoms with Gasteiger partial charge in [0, 0.05) is 11.8 Å². The van der Waals surface area contributed by atoms with E-state index in [4.69, 9.17) is 5.73 Å². The number of nitrogens with zero attached hydrogens (tertiary/aromatic N) is 2. The molecule has 0 saturated heterocycles. The molecule has 15 heavy (non-hydrogen) atoms. The highest BCUT2D eigenvalue weighted by Crippen LogP contribution is 2.35. The standard InChI is InChI=1S/C8H9N3O4/c1-4-3-6(10(12)13)8(11(14)15)5(2)7(4)9/h3H,9H2,1-2H3. The molecular weight excluding hydrogens is 202 g/mol. The van der Waals surface area contributed by atoms with Crippen molar-refractivity contribution >= 4 is 17.1 Å². The molecule has 0 aliphatic rings. The second-order valence-electron chi connectivity index (χ2n) is 3.11. The lowest BCUT2D eigenvalue weighted by Gasteiger charge is -2.05. The Morgan fingerprint density at radius 3 is 2.13 bits per heavy atom. The van der Waals surface area contributed by atoms with Crippen molar-refractivity contribution in [2.75, 3.05) is 5.73 Å². The van der Waals surface area contributed by atoms with Gasteiger partial charge in [-0.3, -0.25) is 20.2 Å². The summed E-state index contributed by atoms with van der Waals surface area (Å²) in [5.41, 5.74) is 5.31. The summed E-state index contributed by atoms with van der Waals surface area (Å²) in [6, 6.07) is 1.11. The molecule has 1 aromatic carbocycles. The van der Waals surface area contributed by atoms with Gasteiger partial charge in [0.15, 0.2) is 0 Å². The highest BCUT2D eigenvalue weighted by atomic mass is 16.6. The zero-order valence-corrected chi connectivity index (χ0v) is 8.18. The van der Waals surface area contributed by atoms with Gasteiger partial charge in [-0.05, 0) is 19.4 Å². The summed E-state index contributed by atoms with van der Waals surface area (Å²) in [5.74, 6) is 0. The number of nitrogens with two attached hydrogens (primary N) is 1. The molecule has 0 fully saturated rings. The summed E-state index contributed by atoms with van der Waals surface area (Å²) < 4.78 is 0. The van der Waals surface area contributed by atoms with Crippen molar-refractivity contribution in [2.45, 2.75) is 13.8 Å². The van der Waals surface area contributed by atoms with Gasteiger partial charge in [0.2, 0.25) is 0 Å². The third kappa shape index (κ3) is 1.71. The average Bonchev–Trinajstić information content (AvgIpc) is 2.12. The quantitative estimate of drug-likeness (QED) is 0.454. The van der Waals surface area contributed by atoms with Crippen LogP contribution in [0.2, 0.25) is 0 Å². The maximum atomic E-state index is 10.7. The second-order valence-corrected chi connectivity index (χ2v) is 3.11. The molecule has 0 aliphatic carbocycles. The van der Waals surface area contributed by atoms with E-state index < -0.39 is 21.2 Å². The lowest BCUT2D eigenvalue weighted by molar-refractivity contribution is -0.422. The summed E-state index contributed by atoms with van der Waals surface area (Å²) in [6.07, 6.45) is 0. The minimum absolute atomic E-state index is 0.131. The Labute approximate surface area is 84.8 Å². The van der Waals surface area contributed by atoms with Crippen LogP contribution < -0.4 is 5.73 Å². The zero-order valence-electron chi connectivity index (χ0n) is 8.18. The molecule has 0 saturated carbocycles. The molecule has 7 nitrogen and oxygen atoms in total. The minimum atomic E-state index is -0.788. The van der Waals surface area contributed by atoms with Gasteiger partial charge in [0.1, 0.15) is 0 Å². The minimum Gasteiger partial charge on any atom is -0.398 e. The molecule has 0 radical (unpaired) electrons. The van der Waals surface area contributed by atoms with Crippen molar-refractivity contribution < 1.29 is 9.85 Å². The van der Waals surface area contributed by atoms with Crippen LogP contribution in [0.4, 0.5) is 17.1 Å². The fourth-order valence-corrected chi connectivity index (χ4v) is 1.34. The van der Waals surface area contributed by atoms with Gasteiger partial charge in [0.05, 0.1) is 15.4 Å². The van der Waals surface area contributed by atoms with Crippen LogP contribution >= 0.6 is 0 Å². The van der Waals surface area contributed by atoms with Gasteiger partial charge < -0.3 is 5.73 Å². The topological polar surface area (TPSA) is 112 Å². The lowest BCUT2D eigenvalue weighted by atomic mass is 10.1. The van der Waals surface area contributed by atoms with Crippen LogP contribution in [0.15, 0.2) is 6.07 Å². The smallest absolute Gasteiger partial charge is 0.350 e. The predicted molar refractivity (Wildman–Crippen MR) is 53.6 cm³/mol. The summed E-state index contributed by atoms with van der Waals surface area (Å²) >= 11 is 0. The van der Waals surface area contributed by atoms with E-state index in [0.29, 0.717) is 5.56 Å². The van der Waals surface area contributed by atoms with Crippen LogP contribution in [0.3, 0.4) is 0 Å². The number of nitro benzene ring substituents is 2. The number of anilines is 1. The maximum Gasteiger partial charge on any atom is 0.350 e. The molecule has 7 heteroatoms. The molecule has 1 aromatic rings. The van der Waals surface area contributed by atoms with E-state index in [1.165, 1.54) is 6.92 Å². The Morgan fingerprint density at radius 1 is 1.20 bits per heavy atom. The molecule has 0 aromatic heterocycles. The Kier molecular flexibility index (Phi) is 2.56. The number of aryl methyl sites for hydroxylation is 1. The molecule has 0 atom stereocenters. The largest absolute Gasteiger partial charge is 0.398 e. The number of benzene rings is 1. The van der Waals surface area contributed by atoms with E-state index in [-0.39, 0.29) is 11.3 Å². The third-order valence-electron chi connectivity index (χ3n) is 2.16. The predicted octanol–water partition coefficient (Wildman–Crippen LogP) is 1.70. The first-order chi connectivity index (χ1) is 6.86.